The third-order valence-electron chi connectivity index (χ3n) is 4.02. The summed E-state index contributed by atoms with van der Waals surface area (Å²) in [6.07, 6.45) is 1.80. The van der Waals surface area contributed by atoms with Crippen molar-refractivity contribution in [1.29, 1.82) is 0 Å². The largest absolute Gasteiger partial charge is 0.370 e. The molecule has 154 valence electrons. The Labute approximate surface area is 168 Å². The predicted octanol–water partition coefficient (Wildman–Crippen LogP) is 2.89. The molecule has 0 saturated carbocycles. The number of sulfonamides is 1. The van der Waals surface area contributed by atoms with E-state index in [1.807, 2.05) is 12.1 Å². The van der Waals surface area contributed by atoms with E-state index >= 15 is 0 Å². The number of nitrogens with one attached hydrogen (secondary N) is 2. The lowest BCUT2D eigenvalue weighted by Crippen LogP contribution is -2.40. The van der Waals surface area contributed by atoms with Crippen LogP contribution in [0.1, 0.15) is 39.6 Å². The van der Waals surface area contributed by atoms with Crippen LogP contribution in [0, 0.1) is 10.1 Å². The molecule has 2 N–H and O–H groups in total. The van der Waals surface area contributed by atoms with Gasteiger partial charge in [-0.3, -0.25) is 14.5 Å². The fourth-order valence-electron chi connectivity index (χ4n) is 2.87. The quantitative estimate of drug-likeness (QED) is 0.465. The Morgan fingerprint density at radius 3 is 2.55 bits per heavy atom. The monoisotopic (exact) mass is 418 g/mol. The minimum absolute atomic E-state index is 0.176. The summed E-state index contributed by atoms with van der Waals surface area (Å²) in [6, 6.07) is 8.81. The van der Waals surface area contributed by atoms with Gasteiger partial charge in [0.05, 0.1) is 15.9 Å². The number of benzene rings is 1. The van der Waals surface area contributed by atoms with Crippen LogP contribution < -0.4 is 10.0 Å². The summed E-state index contributed by atoms with van der Waals surface area (Å²) in [6.45, 7) is 6.87. The van der Waals surface area contributed by atoms with Crippen LogP contribution in [0.5, 0.6) is 0 Å². The fraction of sp³-hybridized carbons (Fsp3) is 0.333. The van der Waals surface area contributed by atoms with E-state index < -0.39 is 26.5 Å². The second kappa shape index (κ2) is 7.41. The second-order valence-corrected chi connectivity index (χ2v) is 9.33. The predicted molar refractivity (Wildman–Crippen MR) is 108 cm³/mol. The van der Waals surface area contributed by atoms with Crippen molar-refractivity contribution in [2.24, 2.45) is 0 Å². The highest BCUT2D eigenvalue weighted by atomic mass is 32.2. The number of hydrogen-bond acceptors (Lipinski definition) is 7. The van der Waals surface area contributed by atoms with Crippen molar-refractivity contribution in [1.82, 2.24) is 19.3 Å². The molecule has 1 atom stereocenters. The third kappa shape index (κ3) is 4.51. The highest BCUT2D eigenvalue weighted by Gasteiger charge is 2.26. The maximum absolute atomic E-state index is 12.5. The zero-order chi connectivity index (χ0) is 21.4. The van der Waals surface area contributed by atoms with Gasteiger partial charge in [0, 0.05) is 17.8 Å². The Balaban J connectivity index is 1.94. The van der Waals surface area contributed by atoms with E-state index in [-0.39, 0.29) is 16.3 Å². The van der Waals surface area contributed by atoms with Gasteiger partial charge in [0.2, 0.25) is 10.0 Å². The lowest BCUT2D eigenvalue weighted by molar-refractivity contribution is -0.384. The lowest BCUT2D eigenvalue weighted by atomic mass is 10.1. The van der Waals surface area contributed by atoms with Crippen LogP contribution in [0.3, 0.4) is 0 Å². The van der Waals surface area contributed by atoms with Crippen LogP contribution in [0.15, 0.2) is 47.5 Å². The molecule has 2 aromatic heterocycles. The zero-order valence-corrected chi connectivity index (χ0v) is 17.3. The number of hydrogen-bond donors (Lipinski definition) is 2. The summed E-state index contributed by atoms with van der Waals surface area (Å²) in [5.41, 5.74) is -0.221. The molecule has 0 aliphatic heterocycles. The van der Waals surface area contributed by atoms with Crippen LogP contribution >= 0.6 is 0 Å². The first-order valence-corrected chi connectivity index (χ1v) is 10.3. The number of fused-ring (bicyclic) bond motifs is 1. The van der Waals surface area contributed by atoms with Gasteiger partial charge >= 0.3 is 0 Å². The van der Waals surface area contributed by atoms with Crippen LogP contribution in [-0.4, -0.2) is 33.5 Å². The van der Waals surface area contributed by atoms with Crippen LogP contribution in [0.2, 0.25) is 0 Å². The molecule has 1 unspecified atom stereocenters. The van der Waals surface area contributed by atoms with E-state index in [0.29, 0.717) is 11.5 Å². The number of nitro benzene ring substituents is 1. The Bertz CT molecular complexity index is 1170. The highest BCUT2D eigenvalue weighted by molar-refractivity contribution is 7.89. The molecule has 0 saturated heterocycles. The minimum atomic E-state index is -3.90. The van der Waals surface area contributed by atoms with Crippen molar-refractivity contribution in [2.45, 2.75) is 44.2 Å². The number of pyridine rings is 1. The standard InChI is InChI=1S/C18H22N6O4S/c1-12(17-21-20-16-7-5-6-10-23(16)17)19-14-9-8-13(11-15(14)24(25)26)29(27,28)22-18(2,3)4/h5-12,19,22H,1-4H3. The van der Waals surface area contributed by atoms with E-state index in [9.17, 15) is 18.5 Å². The Morgan fingerprint density at radius 1 is 1.17 bits per heavy atom. The molecular formula is C18H22N6O4S. The number of nitro groups is 1. The molecule has 11 heteroatoms. The fourth-order valence-corrected chi connectivity index (χ4v) is 4.30. The summed E-state index contributed by atoms with van der Waals surface area (Å²) >= 11 is 0. The summed E-state index contributed by atoms with van der Waals surface area (Å²) in [5.74, 6) is 0.570. The topological polar surface area (TPSA) is 132 Å². The SMILES string of the molecule is CC(Nc1ccc(S(=O)(=O)NC(C)(C)C)cc1[N+](=O)[O-])c1nnc2ccccn12. The lowest BCUT2D eigenvalue weighted by Gasteiger charge is -2.20. The van der Waals surface area contributed by atoms with Crippen LogP contribution in [-0.2, 0) is 10.0 Å². The molecule has 3 rings (SSSR count). The van der Waals surface area contributed by atoms with Gasteiger partial charge in [-0.1, -0.05) is 6.07 Å². The summed E-state index contributed by atoms with van der Waals surface area (Å²) in [5, 5.41) is 22.8. The van der Waals surface area contributed by atoms with E-state index in [4.69, 9.17) is 0 Å². The molecule has 0 fully saturated rings. The molecule has 29 heavy (non-hydrogen) atoms. The van der Waals surface area contributed by atoms with Crippen molar-refractivity contribution >= 4 is 27.0 Å². The molecule has 10 nitrogen and oxygen atoms in total. The van der Waals surface area contributed by atoms with Crippen molar-refractivity contribution in [3.63, 3.8) is 0 Å². The smallest absolute Gasteiger partial charge is 0.293 e. The molecule has 0 aliphatic rings. The van der Waals surface area contributed by atoms with Gasteiger partial charge < -0.3 is 5.32 Å². The first kappa shape index (κ1) is 20.7. The number of rotatable bonds is 6. The minimum Gasteiger partial charge on any atom is -0.370 e. The molecule has 0 bridgehead atoms. The Hall–Kier alpha value is -3.05. The normalized spacial score (nSPS) is 13.4. The van der Waals surface area contributed by atoms with E-state index in [2.05, 4.69) is 20.2 Å². The van der Waals surface area contributed by atoms with Crippen molar-refractivity contribution in [3.05, 3.63) is 58.5 Å². The molecule has 0 spiro atoms. The van der Waals surface area contributed by atoms with Gasteiger partial charge in [0.1, 0.15) is 5.69 Å². The third-order valence-corrected chi connectivity index (χ3v) is 5.77. The second-order valence-electron chi connectivity index (χ2n) is 7.64. The van der Waals surface area contributed by atoms with Gasteiger partial charge in [-0.15, -0.1) is 10.2 Å². The summed E-state index contributed by atoms with van der Waals surface area (Å²) in [4.78, 5) is 10.8. The summed E-state index contributed by atoms with van der Waals surface area (Å²) < 4.78 is 29.3. The highest BCUT2D eigenvalue weighted by Crippen LogP contribution is 2.30. The first-order valence-electron chi connectivity index (χ1n) is 8.86. The maximum Gasteiger partial charge on any atom is 0.293 e. The molecule has 2 heterocycles. The average molecular weight is 418 g/mol. The molecule has 0 amide bonds. The average Bonchev–Trinajstić information content (AvgIpc) is 3.03. The van der Waals surface area contributed by atoms with Crippen molar-refractivity contribution in [2.75, 3.05) is 5.32 Å². The zero-order valence-electron chi connectivity index (χ0n) is 16.4. The molecule has 1 aromatic carbocycles. The first-order chi connectivity index (χ1) is 13.5. The Kier molecular flexibility index (Phi) is 5.28. The van der Waals surface area contributed by atoms with Crippen LogP contribution in [0.4, 0.5) is 11.4 Å². The van der Waals surface area contributed by atoms with E-state index in [1.54, 1.807) is 44.4 Å². The van der Waals surface area contributed by atoms with Gasteiger partial charge in [-0.05, 0) is 52.0 Å². The molecular weight excluding hydrogens is 396 g/mol. The molecule has 0 aliphatic carbocycles. The van der Waals surface area contributed by atoms with E-state index in [1.165, 1.54) is 12.1 Å². The van der Waals surface area contributed by atoms with Crippen molar-refractivity contribution < 1.29 is 13.3 Å². The van der Waals surface area contributed by atoms with Gasteiger partial charge in [0.15, 0.2) is 11.5 Å². The number of anilines is 1. The van der Waals surface area contributed by atoms with Crippen molar-refractivity contribution in [3.8, 4) is 0 Å². The maximum atomic E-state index is 12.5. The number of aromatic nitrogens is 3. The molecule has 3 aromatic rings. The number of nitrogens with zero attached hydrogens (tertiary/aromatic N) is 4. The van der Waals surface area contributed by atoms with Crippen LogP contribution in [0.25, 0.3) is 5.65 Å². The van der Waals surface area contributed by atoms with Gasteiger partial charge in [-0.2, -0.15) is 0 Å². The Morgan fingerprint density at radius 2 is 1.90 bits per heavy atom. The summed E-state index contributed by atoms with van der Waals surface area (Å²) in [7, 11) is -3.90. The molecule has 0 radical (unpaired) electrons. The van der Waals surface area contributed by atoms with Gasteiger partial charge in [0.25, 0.3) is 5.69 Å². The van der Waals surface area contributed by atoms with E-state index in [0.717, 1.165) is 6.07 Å². The van der Waals surface area contributed by atoms with Gasteiger partial charge in [-0.25, -0.2) is 13.1 Å².